The molecule has 1 saturated carbocycles. The molecule has 0 radical (unpaired) electrons. The molecule has 1 aromatic heterocycles. The van der Waals surface area contributed by atoms with Gasteiger partial charge in [0, 0.05) is 70.0 Å². The normalized spacial score (nSPS) is 20.7. The monoisotopic (exact) mass is 444 g/mol. The predicted molar refractivity (Wildman–Crippen MR) is 119 cm³/mol. The van der Waals surface area contributed by atoms with Gasteiger partial charge in [0.2, 0.25) is 5.43 Å². The third kappa shape index (κ3) is 4.24. The number of benzene rings is 1. The summed E-state index contributed by atoms with van der Waals surface area (Å²) in [5, 5.41) is 9.54. The molecule has 5 rings (SSSR count). The summed E-state index contributed by atoms with van der Waals surface area (Å²) in [7, 11) is 0. The summed E-state index contributed by atoms with van der Waals surface area (Å²) in [5.41, 5.74) is 0.184. The van der Waals surface area contributed by atoms with Crippen LogP contribution in [-0.2, 0) is 4.74 Å². The van der Waals surface area contributed by atoms with Crippen LogP contribution in [0.25, 0.3) is 10.9 Å². The number of pyridine rings is 1. The Bertz CT molecular complexity index is 1070. The van der Waals surface area contributed by atoms with Crippen LogP contribution in [0.4, 0.5) is 10.1 Å². The fraction of sp³-hybridized carbons (Fsp3) is 0.565. The first-order valence-electron chi connectivity index (χ1n) is 11.4. The minimum atomic E-state index is -1.27. The molecule has 3 heterocycles. The van der Waals surface area contributed by atoms with E-state index >= 15 is 4.39 Å². The first kappa shape index (κ1) is 21.4. The predicted octanol–water partition coefficient (Wildman–Crippen LogP) is 1.63. The number of carboxylic acids is 1. The zero-order chi connectivity index (χ0) is 22.2. The summed E-state index contributed by atoms with van der Waals surface area (Å²) in [6.45, 7) is 8.72. The van der Waals surface area contributed by atoms with Gasteiger partial charge in [0.05, 0.1) is 24.4 Å². The highest BCUT2D eigenvalue weighted by molar-refractivity contribution is 5.93. The van der Waals surface area contributed by atoms with Gasteiger partial charge in [-0.2, -0.15) is 0 Å². The van der Waals surface area contributed by atoms with Gasteiger partial charge in [-0.3, -0.25) is 14.6 Å². The molecule has 0 unspecified atom stereocenters. The molecule has 8 nitrogen and oxygen atoms in total. The zero-order valence-corrected chi connectivity index (χ0v) is 18.1. The second kappa shape index (κ2) is 8.80. The number of anilines is 1. The summed E-state index contributed by atoms with van der Waals surface area (Å²) in [6, 6.07) is 3.13. The van der Waals surface area contributed by atoms with Crippen molar-refractivity contribution in [3.8, 4) is 0 Å². The second-order valence-corrected chi connectivity index (χ2v) is 8.92. The largest absolute Gasteiger partial charge is 0.477 e. The van der Waals surface area contributed by atoms with E-state index in [4.69, 9.17) is 4.74 Å². The highest BCUT2D eigenvalue weighted by Crippen LogP contribution is 2.38. The number of rotatable bonds is 6. The molecule has 32 heavy (non-hydrogen) atoms. The maximum absolute atomic E-state index is 15.1. The van der Waals surface area contributed by atoms with Gasteiger partial charge in [0.25, 0.3) is 0 Å². The molecule has 172 valence electrons. The Morgan fingerprint density at radius 1 is 1.03 bits per heavy atom. The summed E-state index contributed by atoms with van der Waals surface area (Å²) in [5.74, 6) is -1.75. The third-order valence-corrected chi connectivity index (χ3v) is 6.82. The topological polar surface area (TPSA) is 78.2 Å². The van der Waals surface area contributed by atoms with Crippen LogP contribution >= 0.6 is 0 Å². The SMILES string of the molecule is O=C(O)c1cn(C2CC2)c2cc(N3CCN(CCN4CCOCC4)CC3)c(F)cc2c1=O. The lowest BCUT2D eigenvalue weighted by atomic mass is 10.1. The van der Waals surface area contributed by atoms with Gasteiger partial charge in [0.15, 0.2) is 0 Å². The second-order valence-electron chi connectivity index (χ2n) is 8.92. The Hall–Kier alpha value is -2.49. The fourth-order valence-corrected chi connectivity index (χ4v) is 4.73. The average Bonchev–Trinajstić information content (AvgIpc) is 3.64. The molecule has 1 aliphatic carbocycles. The number of hydrogen-bond donors (Lipinski definition) is 1. The highest BCUT2D eigenvalue weighted by atomic mass is 19.1. The number of piperazine rings is 1. The molecule has 0 amide bonds. The van der Waals surface area contributed by atoms with Gasteiger partial charge in [-0.15, -0.1) is 0 Å². The minimum Gasteiger partial charge on any atom is -0.477 e. The van der Waals surface area contributed by atoms with Crippen molar-refractivity contribution in [1.82, 2.24) is 14.4 Å². The van der Waals surface area contributed by atoms with Crippen LogP contribution < -0.4 is 10.3 Å². The number of fused-ring (bicyclic) bond motifs is 1. The summed E-state index contributed by atoms with van der Waals surface area (Å²) < 4.78 is 22.3. The van der Waals surface area contributed by atoms with Crippen LogP contribution in [0.2, 0.25) is 0 Å². The zero-order valence-electron chi connectivity index (χ0n) is 18.1. The molecular formula is C23H29FN4O4. The molecule has 0 bridgehead atoms. The Labute approximate surface area is 185 Å². The van der Waals surface area contributed by atoms with E-state index in [-0.39, 0.29) is 17.0 Å². The maximum Gasteiger partial charge on any atom is 0.341 e. The van der Waals surface area contributed by atoms with Crippen molar-refractivity contribution < 1.29 is 19.0 Å². The molecule has 2 aromatic rings. The van der Waals surface area contributed by atoms with E-state index in [1.807, 2.05) is 9.47 Å². The lowest BCUT2D eigenvalue weighted by Crippen LogP contribution is -2.49. The van der Waals surface area contributed by atoms with E-state index < -0.39 is 17.2 Å². The van der Waals surface area contributed by atoms with Crippen molar-refractivity contribution >= 4 is 22.6 Å². The maximum atomic E-state index is 15.1. The standard InChI is InChI=1S/C23H29FN4O4/c24-19-13-17-20(28(16-1-2-16)15-18(22(17)29)23(30)31)14-21(19)27-7-5-25(6-8-27)3-4-26-9-11-32-12-10-26/h13-16H,1-12H2,(H,30,31). The number of halogens is 1. The number of morpholine rings is 1. The Morgan fingerprint density at radius 2 is 1.69 bits per heavy atom. The number of hydrogen-bond acceptors (Lipinski definition) is 6. The van der Waals surface area contributed by atoms with Crippen molar-refractivity contribution in [2.24, 2.45) is 0 Å². The highest BCUT2D eigenvalue weighted by Gasteiger charge is 2.28. The van der Waals surface area contributed by atoms with Gasteiger partial charge in [-0.1, -0.05) is 0 Å². The number of nitrogens with zero attached hydrogens (tertiary/aromatic N) is 4. The first-order valence-corrected chi connectivity index (χ1v) is 11.4. The number of aromatic nitrogens is 1. The van der Waals surface area contributed by atoms with E-state index in [1.165, 1.54) is 12.3 Å². The van der Waals surface area contributed by atoms with E-state index in [9.17, 15) is 14.7 Å². The van der Waals surface area contributed by atoms with Crippen molar-refractivity contribution in [2.45, 2.75) is 18.9 Å². The molecule has 1 N–H and O–H groups in total. The van der Waals surface area contributed by atoms with Crippen LogP contribution in [0.5, 0.6) is 0 Å². The van der Waals surface area contributed by atoms with Crippen LogP contribution in [0, 0.1) is 5.82 Å². The van der Waals surface area contributed by atoms with Crippen molar-refractivity contribution in [3.05, 3.63) is 39.9 Å². The number of ether oxygens (including phenoxy) is 1. The lowest BCUT2D eigenvalue weighted by Gasteiger charge is -2.37. The Morgan fingerprint density at radius 3 is 2.31 bits per heavy atom. The lowest BCUT2D eigenvalue weighted by molar-refractivity contribution is 0.0331. The molecule has 0 spiro atoms. The van der Waals surface area contributed by atoms with E-state index in [2.05, 4.69) is 9.80 Å². The van der Waals surface area contributed by atoms with Gasteiger partial charge in [-0.05, 0) is 25.0 Å². The smallest absolute Gasteiger partial charge is 0.341 e. The van der Waals surface area contributed by atoms with Crippen molar-refractivity contribution in [3.63, 3.8) is 0 Å². The van der Waals surface area contributed by atoms with E-state index in [1.54, 1.807) is 6.07 Å². The van der Waals surface area contributed by atoms with Crippen molar-refractivity contribution in [1.29, 1.82) is 0 Å². The van der Waals surface area contributed by atoms with Gasteiger partial charge in [0.1, 0.15) is 11.4 Å². The summed E-state index contributed by atoms with van der Waals surface area (Å²) in [6.07, 6.45) is 3.30. The summed E-state index contributed by atoms with van der Waals surface area (Å²) in [4.78, 5) is 31.0. The molecule has 1 aromatic carbocycles. The molecule has 0 atom stereocenters. The molecule has 9 heteroatoms. The number of carbonyl (C=O) groups is 1. The van der Waals surface area contributed by atoms with Gasteiger partial charge < -0.3 is 19.3 Å². The minimum absolute atomic E-state index is 0.141. The molecule has 2 aliphatic heterocycles. The van der Waals surface area contributed by atoms with Crippen LogP contribution in [0.15, 0.2) is 23.1 Å². The van der Waals surface area contributed by atoms with E-state index in [0.717, 1.165) is 65.3 Å². The molecule has 3 aliphatic rings. The number of aromatic carboxylic acids is 1. The number of carboxylic acid groups (broad SMARTS) is 1. The molecule has 3 fully saturated rings. The average molecular weight is 445 g/mol. The van der Waals surface area contributed by atoms with E-state index in [0.29, 0.717) is 24.3 Å². The Balaban J connectivity index is 1.34. The summed E-state index contributed by atoms with van der Waals surface area (Å²) >= 11 is 0. The first-order chi connectivity index (χ1) is 15.5. The molecule has 2 saturated heterocycles. The van der Waals surface area contributed by atoms with Crippen LogP contribution in [0.1, 0.15) is 29.2 Å². The third-order valence-electron chi connectivity index (χ3n) is 6.82. The van der Waals surface area contributed by atoms with Crippen LogP contribution in [-0.4, -0.2) is 91.0 Å². The quantitative estimate of drug-likeness (QED) is 0.726. The van der Waals surface area contributed by atoms with Crippen LogP contribution in [0.3, 0.4) is 0 Å². The molecular weight excluding hydrogens is 415 g/mol. The van der Waals surface area contributed by atoms with Crippen molar-refractivity contribution in [2.75, 3.05) is 70.5 Å². The fourth-order valence-electron chi connectivity index (χ4n) is 4.73. The Kier molecular flexibility index (Phi) is 5.88. The van der Waals surface area contributed by atoms with Gasteiger partial charge in [-0.25, -0.2) is 9.18 Å². The van der Waals surface area contributed by atoms with Gasteiger partial charge >= 0.3 is 5.97 Å².